The summed E-state index contributed by atoms with van der Waals surface area (Å²) in [6.07, 6.45) is 1.39. The molecule has 0 aliphatic heterocycles. The summed E-state index contributed by atoms with van der Waals surface area (Å²) in [5, 5.41) is 16.8. The van der Waals surface area contributed by atoms with Crippen molar-refractivity contribution in [3.05, 3.63) is 12.3 Å². The van der Waals surface area contributed by atoms with E-state index in [2.05, 4.69) is 15.3 Å². The van der Waals surface area contributed by atoms with Crippen LogP contribution in [0.2, 0.25) is 0 Å². The normalized spacial score (nSPS) is 10.8. The molecule has 2 heterocycles. The molecule has 62 valence electrons. The molecule has 0 radical (unpaired) electrons. The Morgan fingerprint density at radius 2 is 2.42 bits per heavy atom. The van der Waals surface area contributed by atoms with Crippen LogP contribution in [0.5, 0.6) is 5.75 Å². The van der Waals surface area contributed by atoms with Crippen molar-refractivity contribution in [3.63, 3.8) is 0 Å². The van der Waals surface area contributed by atoms with Gasteiger partial charge in [0.05, 0.1) is 6.20 Å². The molecule has 1 N–H and O–H groups in total. The van der Waals surface area contributed by atoms with Crippen LogP contribution < -0.4 is 0 Å². The van der Waals surface area contributed by atoms with Crippen molar-refractivity contribution in [3.8, 4) is 5.75 Å². The molecular weight excluding hydrogens is 156 g/mol. The Morgan fingerprint density at radius 3 is 3.17 bits per heavy atom. The van der Waals surface area contributed by atoms with Gasteiger partial charge in [0.25, 0.3) is 0 Å². The van der Waals surface area contributed by atoms with E-state index in [1.807, 2.05) is 6.92 Å². The fourth-order valence-electron chi connectivity index (χ4n) is 1.07. The maximum Gasteiger partial charge on any atom is 0.178 e. The van der Waals surface area contributed by atoms with E-state index in [1.54, 1.807) is 10.7 Å². The van der Waals surface area contributed by atoms with Crippen LogP contribution in [-0.2, 0) is 6.54 Å². The van der Waals surface area contributed by atoms with E-state index in [9.17, 15) is 0 Å². The molecule has 0 aliphatic carbocycles. The maximum absolute atomic E-state index is 9.07. The lowest BCUT2D eigenvalue weighted by Gasteiger charge is -1.93. The number of aromatic hydroxyl groups is 1. The Balaban J connectivity index is 2.73. The highest BCUT2D eigenvalue weighted by atomic mass is 16.3. The highest BCUT2D eigenvalue weighted by Crippen LogP contribution is 2.13. The van der Waals surface area contributed by atoms with Crippen LogP contribution in [0.25, 0.3) is 11.2 Å². The third-order valence-corrected chi connectivity index (χ3v) is 1.64. The third-order valence-electron chi connectivity index (χ3n) is 1.64. The first-order chi connectivity index (χ1) is 5.81. The van der Waals surface area contributed by atoms with Crippen molar-refractivity contribution in [1.82, 2.24) is 20.0 Å². The van der Waals surface area contributed by atoms with E-state index >= 15 is 0 Å². The molecule has 0 unspecified atom stereocenters. The maximum atomic E-state index is 9.07. The van der Waals surface area contributed by atoms with Crippen molar-refractivity contribution in [2.75, 3.05) is 0 Å². The standard InChI is InChI=1S/C7H8N4O/c1-2-11-7-6(9-10-11)3-5(12)4-8-7/h3-4,12H,2H2,1H3. The largest absolute Gasteiger partial charge is 0.506 e. The van der Waals surface area contributed by atoms with Crippen molar-refractivity contribution in [1.29, 1.82) is 0 Å². The van der Waals surface area contributed by atoms with Gasteiger partial charge in [0, 0.05) is 12.6 Å². The van der Waals surface area contributed by atoms with E-state index in [0.29, 0.717) is 11.2 Å². The first-order valence-electron chi connectivity index (χ1n) is 3.69. The van der Waals surface area contributed by atoms with Crippen LogP contribution in [-0.4, -0.2) is 25.1 Å². The zero-order chi connectivity index (χ0) is 8.55. The SMILES string of the molecule is CCn1nnc2cc(O)cnc21. The predicted molar refractivity (Wildman–Crippen MR) is 42.7 cm³/mol. The van der Waals surface area contributed by atoms with Gasteiger partial charge in [0.2, 0.25) is 0 Å². The third kappa shape index (κ3) is 0.903. The minimum absolute atomic E-state index is 0.116. The molecule has 12 heavy (non-hydrogen) atoms. The number of pyridine rings is 1. The molecule has 0 atom stereocenters. The molecular formula is C7H8N4O. The zero-order valence-corrected chi connectivity index (χ0v) is 6.60. The number of hydrogen-bond donors (Lipinski definition) is 1. The van der Waals surface area contributed by atoms with E-state index in [4.69, 9.17) is 5.11 Å². The summed E-state index contributed by atoms with van der Waals surface area (Å²) in [7, 11) is 0. The molecule has 2 aromatic rings. The van der Waals surface area contributed by atoms with Crippen molar-refractivity contribution in [2.24, 2.45) is 0 Å². The summed E-state index contributed by atoms with van der Waals surface area (Å²) in [5.74, 6) is 0.116. The van der Waals surface area contributed by atoms with Gasteiger partial charge in [-0.1, -0.05) is 5.21 Å². The van der Waals surface area contributed by atoms with Crippen LogP contribution in [0.4, 0.5) is 0 Å². The second-order valence-electron chi connectivity index (χ2n) is 2.44. The minimum atomic E-state index is 0.116. The van der Waals surface area contributed by atoms with Crippen LogP contribution in [0.3, 0.4) is 0 Å². The predicted octanol–water partition coefficient (Wildman–Crippen LogP) is 0.552. The van der Waals surface area contributed by atoms with Crippen molar-refractivity contribution < 1.29 is 5.11 Å². The molecule has 0 saturated carbocycles. The number of aromatic nitrogens is 4. The summed E-state index contributed by atoms with van der Waals surface area (Å²) in [4.78, 5) is 4.00. The van der Waals surface area contributed by atoms with Gasteiger partial charge < -0.3 is 5.11 Å². The Labute approximate surface area is 68.7 Å². The average molecular weight is 164 g/mol. The highest BCUT2D eigenvalue weighted by molar-refractivity contribution is 5.70. The summed E-state index contributed by atoms with van der Waals surface area (Å²) in [5.41, 5.74) is 1.33. The molecule has 0 aliphatic rings. The second-order valence-corrected chi connectivity index (χ2v) is 2.44. The second kappa shape index (κ2) is 2.44. The van der Waals surface area contributed by atoms with Gasteiger partial charge in [-0.25, -0.2) is 9.67 Å². The quantitative estimate of drug-likeness (QED) is 0.668. The van der Waals surface area contributed by atoms with E-state index in [0.717, 1.165) is 6.54 Å². The van der Waals surface area contributed by atoms with Gasteiger partial charge in [-0.3, -0.25) is 0 Å². The molecule has 0 aromatic carbocycles. The van der Waals surface area contributed by atoms with Crippen molar-refractivity contribution >= 4 is 11.2 Å². The summed E-state index contributed by atoms with van der Waals surface area (Å²) in [6, 6.07) is 1.54. The Kier molecular flexibility index (Phi) is 1.43. The molecule has 5 nitrogen and oxygen atoms in total. The summed E-state index contributed by atoms with van der Waals surface area (Å²) in [6.45, 7) is 2.69. The topological polar surface area (TPSA) is 63.8 Å². The van der Waals surface area contributed by atoms with Crippen LogP contribution in [0, 0.1) is 0 Å². The average Bonchev–Trinajstić information content (AvgIpc) is 2.46. The molecule has 0 fully saturated rings. The fourth-order valence-corrected chi connectivity index (χ4v) is 1.07. The zero-order valence-electron chi connectivity index (χ0n) is 6.60. The molecule has 5 heteroatoms. The van der Waals surface area contributed by atoms with Gasteiger partial charge >= 0.3 is 0 Å². The number of aryl methyl sites for hydroxylation is 1. The molecule has 2 aromatic heterocycles. The number of fused-ring (bicyclic) bond motifs is 1. The molecule has 2 rings (SSSR count). The Bertz CT molecular complexity index is 409. The van der Waals surface area contributed by atoms with E-state index in [-0.39, 0.29) is 5.75 Å². The summed E-state index contributed by atoms with van der Waals surface area (Å²) >= 11 is 0. The highest BCUT2D eigenvalue weighted by Gasteiger charge is 2.03. The van der Waals surface area contributed by atoms with Crippen LogP contribution >= 0.6 is 0 Å². The molecule has 0 amide bonds. The monoisotopic (exact) mass is 164 g/mol. The van der Waals surface area contributed by atoms with E-state index in [1.165, 1.54) is 6.20 Å². The van der Waals surface area contributed by atoms with Gasteiger partial charge in [-0.15, -0.1) is 5.10 Å². The lowest BCUT2D eigenvalue weighted by molar-refractivity contribution is 0.473. The molecule has 0 spiro atoms. The first-order valence-corrected chi connectivity index (χ1v) is 3.69. The minimum Gasteiger partial charge on any atom is -0.506 e. The lowest BCUT2D eigenvalue weighted by Crippen LogP contribution is -1.96. The lowest BCUT2D eigenvalue weighted by atomic mass is 10.4. The van der Waals surface area contributed by atoms with Gasteiger partial charge in [0.15, 0.2) is 5.65 Å². The number of rotatable bonds is 1. The van der Waals surface area contributed by atoms with Gasteiger partial charge in [-0.2, -0.15) is 0 Å². The Morgan fingerprint density at radius 1 is 1.58 bits per heavy atom. The van der Waals surface area contributed by atoms with Crippen LogP contribution in [0.15, 0.2) is 12.3 Å². The summed E-state index contributed by atoms with van der Waals surface area (Å²) < 4.78 is 1.68. The van der Waals surface area contributed by atoms with Crippen LogP contribution in [0.1, 0.15) is 6.92 Å². The number of nitrogens with zero attached hydrogens (tertiary/aromatic N) is 4. The molecule has 0 bridgehead atoms. The fraction of sp³-hybridized carbons (Fsp3) is 0.286. The van der Waals surface area contributed by atoms with Gasteiger partial charge in [0.1, 0.15) is 11.3 Å². The molecule has 0 saturated heterocycles. The number of hydrogen-bond acceptors (Lipinski definition) is 4. The van der Waals surface area contributed by atoms with Crippen molar-refractivity contribution in [2.45, 2.75) is 13.5 Å². The van der Waals surface area contributed by atoms with Gasteiger partial charge in [-0.05, 0) is 6.92 Å². The Hall–Kier alpha value is -1.65. The van der Waals surface area contributed by atoms with E-state index < -0.39 is 0 Å². The first kappa shape index (κ1) is 7.02. The smallest absolute Gasteiger partial charge is 0.178 e.